The Kier molecular flexibility index (Phi) is 10.7. The van der Waals surface area contributed by atoms with Gasteiger partial charge in [0.2, 0.25) is 17.2 Å². The summed E-state index contributed by atoms with van der Waals surface area (Å²) in [5, 5.41) is 18.0. The molecule has 0 amide bonds. The zero-order valence-corrected chi connectivity index (χ0v) is 24.2. The lowest BCUT2D eigenvalue weighted by Crippen LogP contribution is -2.33. The Morgan fingerprint density at radius 1 is 0.762 bits per heavy atom. The fourth-order valence-electron chi connectivity index (χ4n) is 4.52. The van der Waals surface area contributed by atoms with Gasteiger partial charge in [-0.25, -0.2) is 39.9 Å². The van der Waals surface area contributed by atoms with E-state index < -0.39 is 7.12 Å². The summed E-state index contributed by atoms with van der Waals surface area (Å²) in [5.41, 5.74) is 12.0. The summed E-state index contributed by atoms with van der Waals surface area (Å²) in [6.45, 7) is 6.34. The maximum absolute atomic E-state index is 8.89. The zero-order valence-electron chi connectivity index (χ0n) is 23.5. The standard InChI is InChI=1S/C13H16N6.C9H14BN3O2.C4H4ClN3/c1-9-3-2-6-19(9)13-16-7-10(8-17-13)12-15-5-4-11(14)18-12;1-7-3-2-4-13(7)9-11-5-8(6-12-9)10(14)15;5-4-7-2-1-3(6)8-4/h4-5,7-9H,2-3,6H2,1H3,(H2,14,15,18);5-7,14-15H,2-4H2,1H3;1-2H,(H2,6,7,8)/t9-;7-;/m00./s1. The topological polar surface area (TPSA) is 202 Å². The molecule has 0 saturated carbocycles. The highest BCUT2D eigenvalue weighted by Gasteiger charge is 2.24. The molecule has 4 aromatic rings. The molecule has 6 heterocycles. The minimum Gasteiger partial charge on any atom is -0.423 e. The molecule has 0 radical (unpaired) electrons. The lowest BCUT2D eigenvalue weighted by molar-refractivity contribution is 0.425. The summed E-state index contributed by atoms with van der Waals surface area (Å²) in [6.07, 6.45) is 14.3. The first-order valence-corrected chi connectivity index (χ1v) is 14.0. The van der Waals surface area contributed by atoms with E-state index in [-0.39, 0.29) is 5.28 Å². The molecule has 42 heavy (non-hydrogen) atoms. The smallest absolute Gasteiger partial charge is 0.423 e. The predicted octanol–water partition coefficient (Wildman–Crippen LogP) is 1.36. The van der Waals surface area contributed by atoms with E-state index in [4.69, 9.17) is 33.1 Å². The van der Waals surface area contributed by atoms with E-state index in [1.807, 2.05) is 0 Å². The number of nitrogens with two attached hydrogens (primary N) is 2. The number of halogens is 1. The van der Waals surface area contributed by atoms with Crippen molar-refractivity contribution in [2.45, 2.75) is 51.6 Å². The van der Waals surface area contributed by atoms with Crippen molar-refractivity contribution < 1.29 is 10.0 Å². The van der Waals surface area contributed by atoms with Gasteiger partial charge in [0.15, 0.2) is 5.82 Å². The van der Waals surface area contributed by atoms with E-state index in [0.29, 0.717) is 41.0 Å². The molecule has 6 rings (SSSR count). The van der Waals surface area contributed by atoms with Gasteiger partial charge < -0.3 is 31.3 Å². The normalized spacial score (nSPS) is 17.6. The Balaban J connectivity index is 0.000000157. The minimum atomic E-state index is -1.49. The Hall–Kier alpha value is -4.21. The Morgan fingerprint density at radius 2 is 1.26 bits per heavy atom. The maximum Gasteiger partial charge on any atom is 0.491 e. The SMILES string of the molecule is C[C@H]1CCCN1c1ncc(-c2nccc(N)n2)cn1.C[C@H]1CCCN1c1ncc(B(O)O)cn1.Nc1ccnc(Cl)n1. The summed E-state index contributed by atoms with van der Waals surface area (Å²) in [7, 11) is -1.49. The van der Waals surface area contributed by atoms with Gasteiger partial charge in [-0.1, -0.05) is 0 Å². The summed E-state index contributed by atoms with van der Waals surface area (Å²) in [4.78, 5) is 37.0. The van der Waals surface area contributed by atoms with Crippen LogP contribution in [0.3, 0.4) is 0 Å². The second-order valence-electron chi connectivity index (χ2n) is 9.89. The highest BCUT2D eigenvalue weighted by molar-refractivity contribution is 6.58. The summed E-state index contributed by atoms with van der Waals surface area (Å²) >= 11 is 5.34. The van der Waals surface area contributed by atoms with Crippen molar-refractivity contribution in [3.63, 3.8) is 0 Å². The Labute approximate surface area is 249 Å². The van der Waals surface area contributed by atoms with Crippen molar-refractivity contribution in [2.24, 2.45) is 0 Å². The van der Waals surface area contributed by atoms with E-state index in [0.717, 1.165) is 37.4 Å². The van der Waals surface area contributed by atoms with Crippen LogP contribution < -0.4 is 26.7 Å². The average Bonchev–Trinajstić information content (AvgIpc) is 3.61. The molecule has 0 unspecified atom stereocenters. The summed E-state index contributed by atoms with van der Waals surface area (Å²) < 4.78 is 0. The van der Waals surface area contributed by atoms with Gasteiger partial charge in [0.1, 0.15) is 11.6 Å². The van der Waals surface area contributed by atoms with Crippen LogP contribution in [0.5, 0.6) is 0 Å². The number of hydrogen-bond acceptors (Lipinski definition) is 14. The van der Waals surface area contributed by atoms with Crippen molar-refractivity contribution in [3.8, 4) is 11.4 Å². The van der Waals surface area contributed by atoms with Gasteiger partial charge >= 0.3 is 7.12 Å². The number of rotatable bonds is 4. The third-order valence-corrected chi connectivity index (χ3v) is 6.98. The molecule has 2 aliphatic rings. The summed E-state index contributed by atoms with van der Waals surface area (Å²) in [5.74, 6) is 2.84. The molecular formula is C26H34BClN12O2. The summed E-state index contributed by atoms with van der Waals surface area (Å²) in [6, 6.07) is 4.21. The van der Waals surface area contributed by atoms with Gasteiger partial charge in [-0.05, 0) is 63.3 Å². The second-order valence-corrected chi connectivity index (χ2v) is 10.2. The molecule has 2 fully saturated rings. The molecule has 2 atom stereocenters. The van der Waals surface area contributed by atoms with Crippen LogP contribution in [-0.2, 0) is 0 Å². The van der Waals surface area contributed by atoms with E-state index in [1.165, 1.54) is 31.4 Å². The van der Waals surface area contributed by atoms with Crippen LogP contribution in [0.1, 0.15) is 39.5 Å². The van der Waals surface area contributed by atoms with Gasteiger partial charge in [0.05, 0.1) is 5.56 Å². The molecule has 0 bridgehead atoms. The first kappa shape index (κ1) is 30.7. The number of hydrogen-bond donors (Lipinski definition) is 4. The van der Waals surface area contributed by atoms with E-state index in [2.05, 4.69) is 63.5 Å². The Morgan fingerprint density at radius 3 is 1.67 bits per heavy atom. The first-order chi connectivity index (χ1) is 20.2. The van der Waals surface area contributed by atoms with Gasteiger partial charge in [-0.3, -0.25) is 0 Å². The van der Waals surface area contributed by atoms with Gasteiger partial charge in [0.25, 0.3) is 0 Å². The van der Waals surface area contributed by atoms with Crippen molar-refractivity contribution in [1.82, 2.24) is 39.9 Å². The average molecular weight is 593 g/mol. The van der Waals surface area contributed by atoms with E-state index in [9.17, 15) is 0 Å². The molecule has 0 aliphatic carbocycles. The molecule has 220 valence electrons. The third-order valence-electron chi connectivity index (χ3n) is 6.80. The first-order valence-electron chi connectivity index (χ1n) is 13.6. The lowest BCUT2D eigenvalue weighted by atomic mass is 9.83. The highest BCUT2D eigenvalue weighted by atomic mass is 35.5. The van der Waals surface area contributed by atoms with Crippen LogP contribution in [-0.4, -0.2) is 82.2 Å². The number of anilines is 4. The van der Waals surface area contributed by atoms with E-state index in [1.54, 1.807) is 30.7 Å². The number of nitrogen functional groups attached to an aromatic ring is 2. The Bertz CT molecular complexity index is 1400. The monoisotopic (exact) mass is 592 g/mol. The van der Waals surface area contributed by atoms with Crippen molar-refractivity contribution >= 4 is 47.7 Å². The maximum atomic E-state index is 8.89. The largest absolute Gasteiger partial charge is 0.491 e. The second kappa shape index (κ2) is 14.6. The van der Waals surface area contributed by atoms with Crippen LogP contribution in [0.2, 0.25) is 5.28 Å². The molecule has 0 spiro atoms. The van der Waals surface area contributed by atoms with Crippen LogP contribution in [0, 0.1) is 0 Å². The highest BCUT2D eigenvalue weighted by Crippen LogP contribution is 2.23. The van der Waals surface area contributed by atoms with Gasteiger partial charge in [-0.2, -0.15) is 0 Å². The van der Waals surface area contributed by atoms with Crippen LogP contribution in [0.4, 0.5) is 23.5 Å². The van der Waals surface area contributed by atoms with Gasteiger partial charge in [-0.15, -0.1) is 0 Å². The zero-order chi connectivity index (χ0) is 30.1. The van der Waals surface area contributed by atoms with Gasteiger partial charge in [0, 0.05) is 67.8 Å². The fraction of sp³-hybridized carbons (Fsp3) is 0.385. The number of nitrogens with zero attached hydrogens (tertiary/aromatic N) is 10. The molecular weight excluding hydrogens is 559 g/mol. The minimum absolute atomic E-state index is 0.185. The molecule has 4 aromatic heterocycles. The van der Waals surface area contributed by atoms with Crippen LogP contribution in [0.15, 0.2) is 49.3 Å². The molecule has 0 aromatic carbocycles. The number of aromatic nitrogens is 8. The fourth-order valence-corrected chi connectivity index (χ4v) is 4.67. The molecule has 2 saturated heterocycles. The van der Waals surface area contributed by atoms with Crippen LogP contribution >= 0.6 is 11.6 Å². The third kappa shape index (κ3) is 8.41. The quantitative estimate of drug-likeness (QED) is 0.195. The predicted molar refractivity (Wildman–Crippen MR) is 163 cm³/mol. The molecule has 2 aliphatic heterocycles. The molecule has 6 N–H and O–H groups in total. The lowest BCUT2D eigenvalue weighted by Gasteiger charge is -2.20. The van der Waals surface area contributed by atoms with Crippen molar-refractivity contribution in [2.75, 3.05) is 34.4 Å². The molecule has 14 nitrogen and oxygen atoms in total. The van der Waals surface area contributed by atoms with E-state index >= 15 is 0 Å². The van der Waals surface area contributed by atoms with Crippen molar-refractivity contribution in [1.29, 1.82) is 0 Å². The van der Waals surface area contributed by atoms with Crippen LogP contribution in [0.25, 0.3) is 11.4 Å². The van der Waals surface area contributed by atoms with Crippen molar-refractivity contribution in [3.05, 3.63) is 54.6 Å². The molecule has 16 heteroatoms.